The number of carbonyl (C=O) groups excluding carboxylic acids is 2. The molecule has 2 rings (SSSR count). The molecule has 0 saturated carbocycles. The average molecular weight is 377 g/mol. The lowest BCUT2D eigenvalue weighted by Crippen LogP contribution is -2.22. The van der Waals surface area contributed by atoms with Gasteiger partial charge < -0.3 is 15.0 Å². The Morgan fingerprint density at radius 2 is 1.65 bits per heavy atom. The molecule has 0 aliphatic rings. The third-order valence-corrected chi connectivity index (χ3v) is 3.53. The van der Waals surface area contributed by atoms with Gasteiger partial charge in [-0.25, -0.2) is 0 Å². The Bertz CT molecular complexity index is 682. The van der Waals surface area contributed by atoms with Gasteiger partial charge in [0.15, 0.2) is 6.61 Å². The molecular formula is C17H17BrN2O3. The van der Waals surface area contributed by atoms with E-state index in [1.807, 2.05) is 12.1 Å². The third-order valence-electron chi connectivity index (χ3n) is 3.01. The number of rotatable bonds is 5. The first-order valence-electron chi connectivity index (χ1n) is 6.95. The molecule has 6 heteroatoms. The molecule has 5 nitrogen and oxygen atoms in total. The van der Waals surface area contributed by atoms with Gasteiger partial charge in [-0.3, -0.25) is 9.59 Å². The van der Waals surface area contributed by atoms with Crippen LogP contribution in [0.5, 0.6) is 5.75 Å². The number of nitrogens with one attached hydrogen (secondary N) is 1. The Morgan fingerprint density at radius 1 is 1.04 bits per heavy atom. The standard InChI is InChI=1S/C17H17BrN2O3/c1-20(2)17(22)12-3-7-14(8-4-12)19-16(21)11-23-15-9-5-13(18)6-10-15/h3-10H,11H2,1-2H3,(H,19,21). The normalized spacial score (nSPS) is 10.0. The highest BCUT2D eigenvalue weighted by Gasteiger charge is 2.08. The monoisotopic (exact) mass is 376 g/mol. The lowest BCUT2D eigenvalue weighted by atomic mass is 10.2. The molecule has 0 radical (unpaired) electrons. The summed E-state index contributed by atoms with van der Waals surface area (Å²) in [6.45, 7) is -0.0833. The highest BCUT2D eigenvalue weighted by molar-refractivity contribution is 9.10. The third kappa shape index (κ3) is 5.10. The molecule has 0 unspecified atom stereocenters. The molecule has 120 valence electrons. The van der Waals surface area contributed by atoms with Crippen molar-refractivity contribution >= 4 is 33.4 Å². The number of benzene rings is 2. The van der Waals surface area contributed by atoms with Gasteiger partial charge in [-0.15, -0.1) is 0 Å². The van der Waals surface area contributed by atoms with Gasteiger partial charge in [-0.05, 0) is 48.5 Å². The van der Waals surface area contributed by atoms with Crippen LogP contribution in [0.15, 0.2) is 53.0 Å². The van der Waals surface area contributed by atoms with Crippen LogP contribution in [0.4, 0.5) is 5.69 Å². The van der Waals surface area contributed by atoms with Crippen molar-refractivity contribution in [1.82, 2.24) is 4.90 Å². The molecule has 2 amide bonds. The van der Waals surface area contributed by atoms with E-state index in [1.165, 1.54) is 4.90 Å². The van der Waals surface area contributed by atoms with Gasteiger partial charge in [-0.1, -0.05) is 15.9 Å². The summed E-state index contributed by atoms with van der Waals surface area (Å²) in [4.78, 5) is 25.1. The molecule has 0 saturated heterocycles. The van der Waals surface area contributed by atoms with E-state index in [0.717, 1.165) is 4.47 Å². The highest BCUT2D eigenvalue weighted by Crippen LogP contribution is 2.16. The van der Waals surface area contributed by atoms with Crippen LogP contribution in [-0.4, -0.2) is 37.4 Å². The molecule has 0 bridgehead atoms. The van der Waals surface area contributed by atoms with Crippen molar-refractivity contribution < 1.29 is 14.3 Å². The van der Waals surface area contributed by atoms with Gasteiger partial charge in [0.2, 0.25) is 0 Å². The van der Waals surface area contributed by atoms with Gasteiger partial charge in [0.1, 0.15) is 5.75 Å². The zero-order chi connectivity index (χ0) is 16.8. The van der Waals surface area contributed by atoms with Crippen molar-refractivity contribution in [1.29, 1.82) is 0 Å². The number of nitrogens with zero attached hydrogens (tertiary/aromatic N) is 1. The first-order valence-corrected chi connectivity index (χ1v) is 7.75. The van der Waals surface area contributed by atoms with Crippen LogP contribution in [0.3, 0.4) is 0 Å². The Balaban J connectivity index is 1.87. The quantitative estimate of drug-likeness (QED) is 0.871. The molecule has 23 heavy (non-hydrogen) atoms. The summed E-state index contributed by atoms with van der Waals surface area (Å²) in [5.74, 6) is 0.274. The van der Waals surface area contributed by atoms with Crippen LogP contribution in [0.1, 0.15) is 10.4 Å². The number of ether oxygens (including phenoxy) is 1. The lowest BCUT2D eigenvalue weighted by molar-refractivity contribution is -0.118. The number of hydrogen-bond acceptors (Lipinski definition) is 3. The fourth-order valence-electron chi connectivity index (χ4n) is 1.83. The predicted octanol–water partition coefficient (Wildman–Crippen LogP) is 3.17. The number of anilines is 1. The topological polar surface area (TPSA) is 58.6 Å². The second-order valence-electron chi connectivity index (χ2n) is 5.07. The Labute approximate surface area is 143 Å². The number of amides is 2. The molecule has 2 aromatic carbocycles. The van der Waals surface area contributed by atoms with Gasteiger partial charge >= 0.3 is 0 Å². The number of halogens is 1. The molecule has 0 aromatic heterocycles. The molecule has 0 aliphatic heterocycles. The number of hydrogen-bond donors (Lipinski definition) is 1. The van der Waals surface area contributed by atoms with Gasteiger partial charge in [0, 0.05) is 29.8 Å². The van der Waals surface area contributed by atoms with Gasteiger partial charge in [0.05, 0.1) is 0 Å². The van der Waals surface area contributed by atoms with Crippen LogP contribution in [0.25, 0.3) is 0 Å². The molecule has 0 aliphatic carbocycles. The van der Waals surface area contributed by atoms with Crippen LogP contribution in [-0.2, 0) is 4.79 Å². The van der Waals surface area contributed by atoms with Crippen molar-refractivity contribution in [2.24, 2.45) is 0 Å². The maximum Gasteiger partial charge on any atom is 0.262 e. The molecule has 0 atom stereocenters. The molecule has 1 N–H and O–H groups in total. The van der Waals surface area contributed by atoms with Crippen LogP contribution >= 0.6 is 15.9 Å². The zero-order valence-electron chi connectivity index (χ0n) is 12.9. The summed E-state index contributed by atoms with van der Waals surface area (Å²) in [7, 11) is 3.38. The van der Waals surface area contributed by atoms with E-state index < -0.39 is 0 Å². The van der Waals surface area contributed by atoms with Crippen LogP contribution in [0, 0.1) is 0 Å². The molecule has 0 heterocycles. The maximum atomic E-state index is 11.9. The van der Waals surface area contributed by atoms with E-state index in [2.05, 4.69) is 21.2 Å². The number of carbonyl (C=O) groups is 2. The van der Waals surface area contributed by atoms with E-state index in [4.69, 9.17) is 4.74 Å². The maximum absolute atomic E-state index is 11.9. The van der Waals surface area contributed by atoms with E-state index in [1.54, 1.807) is 50.5 Å². The van der Waals surface area contributed by atoms with E-state index in [9.17, 15) is 9.59 Å². The van der Waals surface area contributed by atoms with Crippen LogP contribution in [0.2, 0.25) is 0 Å². The molecular weight excluding hydrogens is 360 g/mol. The Morgan fingerprint density at radius 3 is 2.22 bits per heavy atom. The van der Waals surface area contributed by atoms with Crippen molar-refractivity contribution in [3.05, 3.63) is 58.6 Å². The summed E-state index contributed by atoms with van der Waals surface area (Å²) in [5, 5.41) is 2.72. The van der Waals surface area contributed by atoms with Crippen molar-refractivity contribution in [2.45, 2.75) is 0 Å². The second kappa shape index (κ2) is 7.78. The minimum atomic E-state index is -0.264. The summed E-state index contributed by atoms with van der Waals surface area (Å²) in [5.41, 5.74) is 1.18. The predicted molar refractivity (Wildman–Crippen MR) is 92.7 cm³/mol. The first kappa shape index (κ1) is 17.0. The largest absolute Gasteiger partial charge is 0.484 e. The summed E-state index contributed by atoms with van der Waals surface area (Å²) >= 11 is 3.33. The summed E-state index contributed by atoms with van der Waals surface area (Å²) < 4.78 is 6.34. The molecule has 0 spiro atoms. The molecule has 0 fully saturated rings. The van der Waals surface area contributed by atoms with Crippen molar-refractivity contribution in [2.75, 3.05) is 26.0 Å². The van der Waals surface area contributed by atoms with Crippen molar-refractivity contribution in [3.8, 4) is 5.75 Å². The smallest absolute Gasteiger partial charge is 0.262 e. The minimum absolute atomic E-state index is 0.0820. The lowest BCUT2D eigenvalue weighted by Gasteiger charge is -2.11. The molecule has 2 aromatic rings. The minimum Gasteiger partial charge on any atom is -0.484 e. The van der Waals surface area contributed by atoms with Gasteiger partial charge in [-0.2, -0.15) is 0 Å². The Kier molecular flexibility index (Phi) is 5.76. The summed E-state index contributed by atoms with van der Waals surface area (Å²) in [6.07, 6.45) is 0. The Hall–Kier alpha value is -2.34. The van der Waals surface area contributed by atoms with E-state index >= 15 is 0 Å². The fraction of sp³-hybridized carbons (Fsp3) is 0.176. The van der Waals surface area contributed by atoms with E-state index in [0.29, 0.717) is 17.0 Å². The van der Waals surface area contributed by atoms with Gasteiger partial charge in [0.25, 0.3) is 11.8 Å². The average Bonchev–Trinajstić information content (AvgIpc) is 2.54. The zero-order valence-corrected chi connectivity index (χ0v) is 14.5. The fourth-order valence-corrected chi connectivity index (χ4v) is 2.10. The van der Waals surface area contributed by atoms with Crippen LogP contribution < -0.4 is 10.1 Å². The van der Waals surface area contributed by atoms with Crippen molar-refractivity contribution in [3.63, 3.8) is 0 Å². The highest BCUT2D eigenvalue weighted by atomic mass is 79.9. The second-order valence-corrected chi connectivity index (χ2v) is 5.98. The van der Waals surface area contributed by atoms with E-state index in [-0.39, 0.29) is 18.4 Å². The summed E-state index contributed by atoms with van der Waals surface area (Å²) in [6, 6.07) is 14.0. The SMILES string of the molecule is CN(C)C(=O)c1ccc(NC(=O)COc2ccc(Br)cc2)cc1. The first-order chi connectivity index (χ1) is 11.0.